The third-order valence-corrected chi connectivity index (χ3v) is 7.52. The van der Waals surface area contributed by atoms with Crippen molar-refractivity contribution in [3.05, 3.63) is 94.0 Å². The van der Waals surface area contributed by atoms with E-state index in [-0.39, 0.29) is 44.4 Å². The number of benzene rings is 2. The van der Waals surface area contributed by atoms with Crippen molar-refractivity contribution in [1.82, 2.24) is 20.1 Å². The van der Waals surface area contributed by atoms with Gasteiger partial charge in [0, 0.05) is 23.9 Å². The first-order chi connectivity index (χ1) is 19.1. The molecule has 0 saturated heterocycles. The number of halogens is 3. The van der Waals surface area contributed by atoms with E-state index in [0.29, 0.717) is 31.4 Å². The molecule has 0 spiro atoms. The van der Waals surface area contributed by atoms with E-state index in [4.69, 9.17) is 23.2 Å². The van der Waals surface area contributed by atoms with E-state index in [2.05, 4.69) is 20.7 Å². The van der Waals surface area contributed by atoms with Gasteiger partial charge in [0.05, 0.1) is 26.9 Å². The average Bonchev–Trinajstić information content (AvgIpc) is 3.35. The molecule has 1 aliphatic carbocycles. The maximum atomic E-state index is 14.4. The Bertz CT molecular complexity index is 1570. The van der Waals surface area contributed by atoms with Crippen molar-refractivity contribution >= 4 is 40.8 Å². The molecule has 1 saturated carbocycles. The molecule has 4 aromatic rings. The van der Waals surface area contributed by atoms with E-state index in [1.165, 1.54) is 41.2 Å². The molecule has 2 amide bonds. The molecule has 11 heteroatoms. The van der Waals surface area contributed by atoms with Crippen LogP contribution in [0.5, 0.6) is 0 Å². The number of rotatable bonds is 6. The molecule has 0 unspecified atom stereocenters. The third-order valence-electron chi connectivity index (χ3n) is 6.90. The molecule has 8 nitrogen and oxygen atoms in total. The number of aliphatic hydroxyl groups is 1. The molecule has 3 N–H and O–H groups in total. The molecule has 1 fully saturated rings. The predicted octanol–water partition coefficient (Wildman–Crippen LogP) is 6.06. The fraction of sp³-hybridized carbons (Fsp3) is 0.241. The first-order valence-electron chi connectivity index (χ1n) is 12.7. The molecular formula is C29H26Cl2FN5O3. The van der Waals surface area contributed by atoms with Crippen molar-refractivity contribution in [2.45, 2.75) is 44.2 Å². The summed E-state index contributed by atoms with van der Waals surface area (Å²) in [5.74, 6) is -1.38. The largest absolute Gasteiger partial charge is 0.390 e. The lowest BCUT2D eigenvalue weighted by Crippen LogP contribution is -2.42. The van der Waals surface area contributed by atoms with Crippen LogP contribution in [0.4, 0.5) is 10.2 Å². The highest BCUT2D eigenvalue weighted by Crippen LogP contribution is 2.34. The van der Waals surface area contributed by atoms with Gasteiger partial charge in [-0.1, -0.05) is 41.4 Å². The number of aromatic nitrogens is 3. The van der Waals surface area contributed by atoms with Crippen LogP contribution in [0.15, 0.2) is 66.9 Å². The zero-order valence-electron chi connectivity index (χ0n) is 21.5. The van der Waals surface area contributed by atoms with E-state index in [1.807, 2.05) is 6.07 Å². The van der Waals surface area contributed by atoms with Crippen LogP contribution in [0.3, 0.4) is 0 Å². The topological polar surface area (TPSA) is 109 Å². The number of nitrogens with one attached hydrogen (secondary N) is 2. The number of nitrogens with zero attached hydrogens (tertiary/aromatic N) is 3. The van der Waals surface area contributed by atoms with Gasteiger partial charge >= 0.3 is 0 Å². The molecule has 2 aromatic heterocycles. The second kappa shape index (κ2) is 11.4. The number of anilines is 1. The fourth-order valence-electron chi connectivity index (χ4n) is 4.66. The molecule has 0 aliphatic heterocycles. The van der Waals surface area contributed by atoms with E-state index in [1.54, 1.807) is 31.2 Å². The summed E-state index contributed by atoms with van der Waals surface area (Å²) in [6.07, 6.45) is 3.89. The Labute approximate surface area is 240 Å². The Kier molecular flexibility index (Phi) is 7.89. The number of hydrogen-bond donors (Lipinski definition) is 3. The van der Waals surface area contributed by atoms with Gasteiger partial charge in [-0.05, 0) is 69.0 Å². The number of para-hydroxylation sites is 1. The second-order valence-corrected chi connectivity index (χ2v) is 10.8. The summed E-state index contributed by atoms with van der Waals surface area (Å²) in [5, 5.41) is 20.6. The lowest BCUT2D eigenvalue weighted by molar-refractivity contribution is 0.0140. The first-order valence-corrected chi connectivity index (χ1v) is 13.5. The highest BCUT2D eigenvalue weighted by Gasteiger charge is 2.30. The minimum Gasteiger partial charge on any atom is -0.390 e. The molecule has 0 radical (unpaired) electrons. The zero-order valence-corrected chi connectivity index (χ0v) is 23.0. The maximum absolute atomic E-state index is 14.4. The van der Waals surface area contributed by atoms with E-state index in [9.17, 15) is 19.1 Å². The summed E-state index contributed by atoms with van der Waals surface area (Å²) in [4.78, 5) is 30.6. The monoisotopic (exact) mass is 581 g/mol. The Hall–Kier alpha value is -3.79. The van der Waals surface area contributed by atoms with Gasteiger partial charge in [0.25, 0.3) is 11.8 Å². The van der Waals surface area contributed by atoms with Crippen molar-refractivity contribution < 1.29 is 19.1 Å². The van der Waals surface area contributed by atoms with Gasteiger partial charge in [-0.3, -0.25) is 14.6 Å². The molecule has 1 aliphatic rings. The summed E-state index contributed by atoms with van der Waals surface area (Å²) in [7, 11) is 0. The highest BCUT2D eigenvalue weighted by molar-refractivity contribution is 6.38. The van der Waals surface area contributed by atoms with Crippen LogP contribution in [0.2, 0.25) is 10.0 Å². The molecule has 2 heterocycles. The minimum absolute atomic E-state index is 0.0178. The number of hydrogen-bond acceptors (Lipinski definition) is 5. The van der Waals surface area contributed by atoms with Crippen LogP contribution < -0.4 is 10.6 Å². The van der Waals surface area contributed by atoms with Gasteiger partial charge < -0.3 is 15.7 Å². The fourth-order valence-corrected chi connectivity index (χ4v) is 5.22. The number of carbonyl (C=O) groups is 2. The van der Waals surface area contributed by atoms with Crippen LogP contribution in [0.25, 0.3) is 16.9 Å². The summed E-state index contributed by atoms with van der Waals surface area (Å²) < 4.78 is 15.9. The predicted molar refractivity (Wildman–Crippen MR) is 152 cm³/mol. The van der Waals surface area contributed by atoms with E-state index in [0.717, 1.165) is 0 Å². The van der Waals surface area contributed by atoms with Crippen LogP contribution in [-0.4, -0.2) is 43.3 Å². The number of pyridine rings is 1. The summed E-state index contributed by atoms with van der Waals surface area (Å²) in [6.45, 7) is 1.80. The summed E-state index contributed by atoms with van der Waals surface area (Å²) in [5.41, 5.74) is 0.220. The van der Waals surface area contributed by atoms with Crippen LogP contribution >= 0.6 is 23.2 Å². The summed E-state index contributed by atoms with van der Waals surface area (Å²) >= 11 is 12.7. The van der Waals surface area contributed by atoms with Gasteiger partial charge in [0.1, 0.15) is 17.3 Å². The van der Waals surface area contributed by atoms with Crippen LogP contribution in [0.1, 0.15) is 53.5 Å². The molecule has 40 heavy (non-hydrogen) atoms. The van der Waals surface area contributed by atoms with E-state index >= 15 is 0 Å². The van der Waals surface area contributed by atoms with Crippen LogP contribution in [-0.2, 0) is 0 Å². The van der Waals surface area contributed by atoms with Gasteiger partial charge in [0.15, 0.2) is 5.69 Å². The lowest BCUT2D eigenvalue weighted by Gasteiger charge is -2.33. The number of carbonyl (C=O) groups excluding carboxylic acids is 2. The first kappa shape index (κ1) is 27.8. The lowest BCUT2D eigenvalue weighted by atomic mass is 9.83. The quantitative estimate of drug-likeness (QED) is 0.256. The van der Waals surface area contributed by atoms with Gasteiger partial charge in [0.2, 0.25) is 0 Å². The average molecular weight is 582 g/mol. The molecule has 0 bridgehead atoms. The minimum atomic E-state index is -0.723. The summed E-state index contributed by atoms with van der Waals surface area (Å²) in [6, 6.07) is 15.8. The van der Waals surface area contributed by atoms with Crippen molar-refractivity contribution in [1.29, 1.82) is 0 Å². The third kappa shape index (κ3) is 6.01. The Balaban J connectivity index is 1.44. The van der Waals surface area contributed by atoms with Crippen molar-refractivity contribution in [2.24, 2.45) is 0 Å². The standard InChI is InChI=1S/C29H26Cl2FN5O3/c1-29(40)11-9-17(10-12-29)34-28(39)24-16-25(37(36-24)18-6-3-2-4-7-18)35-27(38)20-14-19(21(30)15-22(20)31)26-23(32)8-5-13-33-26/h2-8,13-17,40H,9-12H2,1H3,(H,34,39)(H,35,38). The van der Waals surface area contributed by atoms with Crippen LogP contribution in [0, 0.1) is 5.82 Å². The molecule has 5 rings (SSSR count). The maximum Gasteiger partial charge on any atom is 0.272 e. The zero-order chi connectivity index (χ0) is 28.4. The number of amides is 2. The van der Waals surface area contributed by atoms with Crippen molar-refractivity contribution in [3.8, 4) is 16.9 Å². The van der Waals surface area contributed by atoms with Crippen molar-refractivity contribution in [3.63, 3.8) is 0 Å². The molecule has 0 atom stereocenters. The SMILES string of the molecule is CC1(O)CCC(NC(=O)c2cc(NC(=O)c3cc(-c4ncccc4F)c(Cl)cc3Cl)n(-c3ccccc3)n2)CC1. The Morgan fingerprint density at radius 3 is 2.45 bits per heavy atom. The highest BCUT2D eigenvalue weighted by atomic mass is 35.5. The second-order valence-electron chi connectivity index (χ2n) is 10.0. The van der Waals surface area contributed by atoms with E-state index < -0.39 is 23.2 Å². The Morgan fingerprint density at radius 1 is 1.02 bits per heavy atom. The normalized spacial score (nSPS) is 18.8. The Morgan fingerprint density at radius 2 is 1.75 bits per heavy atom. The molecule has 2 aromatic carbocycles. The molecular weight excluding hydrogens is 556 g/mol. The smallest absolute Gasteiger partial charge is 0.272 e. The van der Waals surface area contributed by atoms with Gasteiger partial charge in [-0.2, -0.15) is 5.10 Å². The van der Waals surface area contributed by atoms with Gasteiger partial charge in [-0.15, -0.1) is 0 Å². The van der Waals surface area contributed by atoms with Crippen molar-refractivity contribution in [2.75, 3.05) is 5.32 Å². The molecule has 206 valence electrons. The van der Waals surface area contributed by atoms with Gasteiger partial charge in [-0.25, -0.2) is 9.07 Å².